The standard InChI is InChI=1S/C15H14BrNO3/c1-17(11-4-6-12(18)7-5-11)15(19)13-8-3-10(16)9-14(13)20-2/h3-9,18H,1-2H3. The first-order chi connectivity index (χ1) is 9.52. The Hall–Kier alpha value is -2.01. The SMILES string of the molecule is COc1cc(Br)ccc1C(=O)N(C)c1ccc(O)cc1. The van der Waals surface area contributed by atoms with Crippen LogP contribution in [0.3, 0.4) is 0 Å². The zero-order valence-corrected chi connectivity index (χ0v) is 12.7. The average Bonchev–Trinajstić information content (AvgIpc) is 2.46. The summed E-state index contributed by atoms with van der Waals surface area (Å²) in [4.78, 5) is 14.0. The molecule has 0 bridgehead atoms. The Balaban J connectivity index is 2.33. The molecule has 0 spiro atoms. The molecule has 104 valence electrons. The van der Waals surface area contributed by atoms with E-state index in [1.165, 1.54) is 24.1 Å². The number of nitrogens with zero attached hydrogens (tertiary/aromatic N) is 1. The summed E-state index contributed by atoms with van der Waals surface area (Å²) in [6, 6.07) is 11.7. The highest BCUT2D eigenvalue weighted by molar-refractivity contribution is 9.10. The number of phenolic OH excluding ortho intramolecular Hbond substituents is 1. The number of methoxy groups -OCH3 is 1. The van der Waals surface area contributed by atoms with Gasteiger partial charge in [-0.2, -0.15) is 0 Å². The predicted molar refractivity (Wildman–Crippen MR) is 81.5 cm³/mol. The summed E-state index contributed by atoms with van der Waals surface area (Å²) in [6.45, 7) is 0. The van der Waals surface area contributed by atoms with Crippen LogP contribution >= 0.6 is 15.9 Å². The van der Waals surface area contributed by atoms with E-state index < -0.39 is 0 Å². The van der Waals surface area contributed by atoms with Gasteiger partial charge >= 0.3 is 0 Å². The normalized spacial score (nSPS) is 10.2. The number of phenols is 1. The molecule has 2 rings (SSSR count). The highest BCUT2D eigenvalue weighted by Gasteiger charge is 2.18. The molecule has 0 heterocycles. The second kappa shape index (κ2) is 5.96. The number of anilines is 1. The van der Waals surface area contributed by atoms with Gasteiger partial charge in [0.05, 0.1) is 12.7 Å². The van der Waals surface area contributed by atoms with Crippen molar-refractivity contribution in [3.05, 3.63) is 52.5 Å². The molecule has 0 atom stereocenters. The van der Waals surface area contributed by atoms with Crippen LogP contribution in [0.1, 0.15) is 10.4 Å². The molecule has 0 saturated heterocycles. The molecule has 0 aliphatic rings. The largest absolute Gasteiger partial charge is 0.508 e. The van der Waals surface area contributed by atoms with Crippen molar-refractivity contribution in [1.82, 2.24) is 0 Å². The molecule has 20 heavy (non-hydrogen) atoms. The number of ether oxygens (including phenoxy) is 1. The van der Waals surface area contributed by atoms with Gasteiger partial charge in [-0.1, -0.05) is 15.9 Å². The summed E-state index contributed by atoms with van der Waals surface area (Å²) in [5.74, 6) is 0.492. The molecule has 0 radical (unpaired) electrons. The Bertz CT molecular complexity index is 626. The molecular weight excluding hydrogens is 322 g/mol. The highest BCUT2D eigenvalue weighted by Crippen LogP contribution is 2.26. The molecule has 1 N–H and O–H groups in total. The minimum Gasteiger partial charge on any atom is -0.508 e. The summed E-state index contributed by atoms with van der Waals surface area (Å²) in [5.41, 5.74) is 1.17. The zero-order chi connectivity index (χ0) is 14.7. The van der Waals surface area contributed by atoms with Gasteiger partial charge in [-0.25, -0.2) is 0 Å². The lowest BCUT2D eigenvalue weighted by Gasteiger charge is -2.19. The summed E-state index contributed by atoms with van der Waals surface area (Å²) < 4.78 is 6.08. The molecule has 0 aliphatic carbocycles. The van der Waals surface area contributed by atoms with Crippen LogP contribution in [-0.4, -0.2) is 25.2 Å². The first-order valence-electron chi connectivity index (χ1n) is 5.93. The fourth-order valence-corrected chi connectivity index (χ4v) is 2.16. The van der Waals surface area contributed by atoms with Crippen LogP contribution in [0.5, 0.6) is 11.5 Å². The third-order valence-corrected chi connectivity index (χ3v) is 3.43. The molecule has 0 aromatic heterocycles. The second-order valence-electron chi connectivity index (χ2n) is 4.23. The minimum atomic E-state index is -0.181. The number of hydrogen-bond acceptors (Lipinski definition) is 3. The van der Waals surface area contributed by atoms with Crippen molar-refractivity contribution < 1.29 is 14.6 Å². The Kier molecular flexibility index (Phi) is 4.29. The fourth-order valence-electron chi connectivity index (χ4n) is 1.82. The highest BCUT2D eigenvalue weighted by atomic mass is 79.9. The van der Waals surface area contributed by atoms with Crippen LogP contribution in [-0.2, 0) is 0 Å². The van der Waals surface area contributed by atoms with E-state index >= 15 is 0 Å². The number of aromatic hydroxyl groups is 1. The Morgan fingerprint density at radius 1 is 1.20 bits per heavy atom. The zero-order valence-electron chi connectivity index (χ0n) is 11.1. The van der Waals surface area contributed by atoms with Crippen molar-refractivity contribution in [3.63, 3.8) is 0 Å². The molecule has 1 amide bonds. The van der Waals surface area contributed by atoms with Gasteiger partial charge in [-0.15, -0.1) is 0 Å². The first kappa shape index (κ1) is 14.4. The number of benzene rings is 2. The number of rotatable bonds is 3. The molecule has 2 aromatic carbocycles. The van der Waals surface area contributed by atoms with E-state index in [2.05, 4.69) is 15.9 Å². The van der Waals surface area contributed by atoms with E-state index in [0.29, 0.717) is 17.0 Å². The van der Waals surface area contributed by atoms with Crippen molar-refractivity contribution in [2.45, 2.75) is 0 Å². The Labute approximate surface area is 125 Å². The van der Waals surface area contributed by atoms with E-state index in [0.717, 1.165) is 4.47 Å². The van der Waals surface area contributed by atoms with Crippen LogP contribution in [0.15, 0.2) is 46.9 Å². The lowest BCUT2D eigenvalue weighted by molar-refractivity contribution is 0.0990. The Morgan fingerprint density at radius 3 is 2.45 bits per heavy atom. The third-order valence-electron chi connectivity index (χ3n) is 2.94. The van der Waals surface area contributed by atoms with E-state index in [4.69, 9.17) is 4.74 Å². The maximum absolute atomic E-state index is 12.5. The molecule has 0 aliphatic heterocycles. The molecular formula is C15H14BrNO3. The van der Waals surface area contributed by atoms with Gasteiger partial charge < -0.3 is 14.7 Å². The average molecular weight is 336 g/mol. The van der Waals surface area contributed by atoms with Gasteiger partial charge in [0.1, 0.15) is 11.5 Å². The van der Waals surface area contributed by atoms with Crippen LogP contribution in [0.4, 0.5) is 5.69 Å². The first-order valence-corrected chi connectivity index (χ1v) is 6.73. The van der Waals surface area contributed by atoms with Gasteiger partial charge in [-0.3, -0.25) is 4.79 Å². The summed E-state index contributed by atoms with van der Waals surface area (Å²) in [5, 5.41) is 9.28. The van der Waals surface area contributed by atoms with Crippen molar-refractivity contribution >= 4 is 27.5 Å². The van der Waals surface area contributed by atoms with E-state index in [-0.39, 0.29) is 11.7 Å². The maximum Gasteiger partial charge on any atom is 0.261 e. The van der Waals surface area contributed by atoms with Crippen molar-refractivity contribution in [3.8, 4) is 11.5 Å². The lowest BCUT2D eigenvalue weighted by Crippen LogP contribution is -2.26. The quantitative estimate of drug-likeness (QED) is 0.934. The lowest BCUT2D eigenvalue weighted by atomic mass is 10.1. The molecule has 0 saturated carbocycles. The van der Waals surface area contributed by atoms with E-state index in [1.807, 2.05) is 0 Å². The van der Waals surface area contributed by atoms with Crippen molar-refractivity contribution in [1.29, 1.82) is 0 Å². The molecule has 0 fully saturated rings. The van der Waals surface area contributed by atoms with E-state index in [9.17, 15) is 9.90 Å². The minimum absolute atomic E-state index is 0.163. The van der Waals surface area contributed by atoms with Crippen molar-refractivity contribution in [2.75, 3.05) is 19.1 Å². The van der Waals surface area contributed by atoms with Gasteiger partial charge in [0.15, 0.2) is 0 Å². The molecule has 5 heteroatoms. The topological polar surface area (TPSA) is 49.8 Å². The summed E-state index contributed by atoms with van der Waals surface area (Å²) >= 11 is 3.34. The van der Waals surface area contributed by atoms with Crippen LogP contribution in [0.25, 0.3) is 0 Å². The fraction of sp³-hybridized carbons (Fsp3) is 0.133. The second-order valence-corrected chi connectivity index (χ2v) is 5.14. The van der Waals surface area contributed by atoms with E-state index in [1.54, 1.807) is 37.4 Å². The van der Waals surface area contributed by atoms with Gasteiger partial charge in [0.2, 0.25) is 0 Å². The van der Waals surface area contributed by atoms with Gasteiger partial charge in [0, 0.05) is 17.2 Å². The maximum atomic E-state index is 12.5. The van der Waals surface area contributed by atoms with Crippen LogP contribution < -0.4 is 9.64 Å². The van der Waals surface area contributed by atoms with Gasteiger partial charge in [0.25, 0.3) is 5.91 Å². The Morgan fingerprint density at radius 2 is 1.85 bits per heavy atom. The number of hydrogen-bond donors (Lipinski definition) is 1. The van der Waals surface area contributed by atoms with Gasteiger partial charge in [-0.05, 0) is 42.5 Å². The number of amides is 1. The molecule has 2 aromatic rings. The number of carbonyl (C=O) groups is 1. The van der Waals surface area contributed by atoms with Crippen LogP contribution in [0, 0.1) is 0 Å². The smallest absolute Gasteiger partial charge is 0.261 e. The van der Waals surface area contributed by atoms with Crippen LogP contribution in [0.2, 0.25) is 0 Å². The predicted octanol–water partition coefficient (Wildman–Crippen LogP) is 3.44. The monoisotopic (exact) mass is 335 g/mol. The summed E-state index contributed by atoms with van der Waals surface area (Å²) in [7, 11) is 3.20. The molecule has 4 nitrogen and oxygen atoms in total. The summed E-state index contributed by atoms with van der Waals surface area (Å²) in [6.07, 6.45) is 0. The van der Waals surface area contributed by atoms with Crippen molar-refractivity contribution in [2.24, 2.45) is 0 Å². The molecule has 0 unspecified atom stereocenters. The number of halogens is 1. The third kappa shape index (κ3) is 2.93. The number of carbonyl (C=O) groups excluding carboxylic acids is 1.